The van der Waals surface area contributed by atoms with E-state index in [2.05, 4.69) is 55.9 Å². The van der Waals surface area contributed by atoms with Crippen molar-refractivity contribution < 1.29 is 4.79 Å². The average molecular weight is 449 g/mol. The fourth-order valence-corrected chi connectivity index (χ4v) is 5.40. The summed E-state index contributed by atoms with van der Waals surface area (Å²) < 4.78 is 0. The van der Waals surface area contributed by atoms with E-state index in [1.165, 1.54) is 11.1 Å². The first-order valence-corrected chi connectivity index (χ1v) is 12.2. The number of carbonyl (C=O) groups excluding carboxylic acids is 1. The Hall–Kier alpha value is -2.91. The molecule has 174 valence electrons. The summed E-state index contributed by atoms with van der Waals surface area (Å²) in [5.41, 5.74) is 9.16. The van der Waals surface area contributed by atoms with Crippen molar-refractivity contribution in [3.8, 4) is 0 Å². The van der Waals surface area contributed by atoms with Gasteiger partial charge in [0.1, 0.15) is 5.82 Å². The van der Waals surface area contributed by atoms with Crippen LogP contribution in [-0.4, -0.2) is 78.0 Å². The van der Waals surface area contributed by atoms with E-state index in [0.29, 0.717) is 6.54 Å². The summed E-state index contributed by atoms with van der Waals surface area (Å²) in [4.78, 5) is 31.4. The van der Waals surface area contributed by atoms with Crippen LogP contribution >= 0.6 is 0 Å². The van der Waals surface area contributed by atoms with Crippen LogP contribution in [0, 0.1) is 0 Å². The Kier molecular flexibility index (Phi) is 5.51. The number of benzene rings is 1. The predicted octanol–water partition coefficient (Wildman–Crippen LogP) is 1.60. The Bertz CT molecular complexity index is 1000. The van der Waals surface area contributed by atoms with Gasteiger partial charge in [0, 0.05) is 52.4 Å². The van der Waals surface area contributed by atoms with Crippen molar-refractivity contribution in [2.45, 2.75) is 31.8 Å². The lowest BCUT2D eigenvalue weighted by molar-refractivity contribution is -0.131. The molecule has 0 aliphatic carbocycles. The fraction of sp³-hybridized carbons (Fsp3) is 0.542. The minimum atomic E-state index is 0.268. The highest BCUT2D eigenvalue weighted by atomic mass is 16.2. The zero-order chi connectivity index (χ0) is 22.2. The fourth-order valence-electron chi connectivity index (χ4n) is 5.40. The summed E-state index contributed by atoms with van der Waals surface area (Å²) in [7, 11) is 0. The van der Waals surface area contributed by atoms with Gasteiger partial charge in [-0.2, -0.15) is 9.97 Å². The molecule has 9 heteroatoms. The average Bonchev–Trinajstić information content (AvgIpc) is 3.53. The number of hydrogen-bond acceptors (Lipinski definition) is 8. The Balaban J connectivity index is 1.17. The van der Waals surface area contributed by atoms with Gasteiger partial charge in [0.25, 0.3) is 0 Å². The number of likely N-dealkylation sites (tertiary alicyclic amines) is 1. The Morgan fingerprint density at radius 2 is 1.76 bits per heavy atom. The standard InChI is InChI=1S/C24H32N8O/c33-20(30-9-4-5-10-30)17-29-12-14-31(15-13-29)24-25-22-21-19(27-28-22)8-11-32(23(21)26-24)16-18-6-2-1-3-7-18/h1-3,6-7,19,27H,4-5,8-17H2,(H,25,26,28). The van der Waals surface area contributed by atoms with Crippen LogP contribution in [-0.2, 0) is 11.3 Å². The molecule has 5 heterocycles. The van der Waals surface area contributed by atoms with Crippen molar-refractivity contribution in [2.24, 2.45) is 0 Å². The lowest BCUT2D eigenvalue weighted by Crippen LogP contribution is -2.50. The third-order valence-electron chi connectivity index (χ3n) is 7.30. The van der Waals surface area contributed by atoms with Gasteiger partial charge in [0.05, 0.1) is 18.2 Å². The van der Waals surface area contributed by atoms with Crippen LogP contribution < -0.4 is 20.7 Å². The van der Waals surface area contributed by atoms with E-state index in [4.69, 9.17) is 9.97 Å². The molecule has 2 fully saturated rings. The molecule has 1 aromatic carbocycles. The molecule has 0 bridgehead atoms. The number of hydrogen-bond donors (Lipinski definition) is 2. The van der Waals surface area contributed by atoms with Crippen molar-refractivity contribution in [3.05, 3.63) is 41.5 Å². The third kappa shape index (κ3) is 4.11. The lowest BCUT2D eigenvalue weighted by atomic mass is 10.0. The first kappa shape index (κ1) is 20.7. The van der Waals surface area contributed by atoms with Crippen LogP contribution in [0.3, 0.4) is 0 Å². The van der Waals surface area contributed by atoms with Crippen molar-refractivity contribution in [1.29, 1.82) is 0 Å². The zero-order valence-corrected chi connectivity index (χ0v) is 19.0. The Morgan fingerprint density at radius 1 is 0.970 bits per heavy atom. The first-order chi connectivity index (χ1) is 16.2. The van der Waals surface area contributed by atoms with Crippen LogP contribution in [0.15, 0.2) is 30.3 Å². The van der Waals surface area contributed by atoms with Gasteiger partial charge in [0.2, 0.25) is 11.9 Å². The van der Waals surface area contributed by atoms with E-state index >= 15 is 0 Å². The molecule has 9 nitrogen and oxygen atoms in total. The van der Waals surface area contributed by atoms with Gasteiger partial charge in [-0.1, -0.05) is 30.3 Å². The predicted molar refractivity (Wildman–Crippen MR) is 128 cm³/mol. The van der Waals surface area contributed by atoms with Gasteiger partial charge >= 0.3 is 0 Å². The Labute approximate surface area is 194 Å². The first-order valence-electron chi connectivity index (χ1n) is 12.2. The number of nitrogens with one attached hydrogen (secondary N) is 2. The summed E-state index contributed by atoms with van der Waals surface area (Å²) in [6.45, 7) is 7.57. The van der Waals surface area contributed by atoms with E-state index in [1.807, 2.05) is 4.90 Å². The molecular weight excluding hydrogens is 416 g/mol. The van der Waals surface area contributed by atoms with Crippen LogP contribution in [0.25, 0.3) is 0 Å². The number of hydrazine groups is 1. The van der Waals surface area contributed by atoms with Crippen molar-refractivity contribution >= 4 is 23.5 Å². The third-order valence-corrected chi connectivity index (χ3v) is 7.30. The van der Waals surface area contributed by atoms with E-state index in [9.17, 15) is 4.79 Å². The largest absolute Gasteiger partial charge is 0.352 e. The van der Waals surface area contributed by atoms with Crippen LogP contribution in [0.5, 0.6) is 0 Å². The molecule has 2 N–H and O–H groups in total. The van der Waals surface area contributed by atoms with Gasteiger partial charge < -0.3 is 20.1 Å². The molecule has 1 aromatic heterocycles. The lowest BCUT2D eigenvalue weighted by Gasteiger charge is -2.36. The molecule has 0 spiro atoms. The quantitative estimate of drug-likeness (QED) is 0.714. The number of rotatable bonds is 5. The van der Waals surface area contributed by atoms with Gasteiger partial charge in [-0.3, -0.25) is 9.69 Å². The van der Waals surface area contributed by atoms with E-state index in [-0.39, 0.29) is 11.9 Å². The second-order valence-electron chi connectivity index (χ2n) is 9.48. The molecule has 6 rings (SSSR count). The molecule has 0 saturated carbocycles. The highest BCUT2D eigenvalue weighted by Crippen LogP contribution is 2.41. The molecular formula is C24H32N8O. The molecule has 4 aliphatic rings. The smallest absolute Gasteiger partial charge is 0.236 e. The highest BCUT2D eigenvalue weighted by molar-refractivity contribution is 5.78. The maximum atomic E-state index is 12.5. The van der Waals surface area contributed by atoms with E-state index < -0.39 is 0 Å². The highest BCUT2D eigenvalue weighted by Gasteiger charge is 2.35. The molecule has 0 radical (unpaired) electrons. The number of nitrogens with zero attached hydrogens (tertiary/aromatic N) is 6. The second-order valence-corrected chi connectivity index (χ2v) is 9.48. The van der Waals surface area contributed by atoms with Crippen molar-refractivity contribution in [2.75, 3.05) is 67.6 Å². The normalized spacial score (nSPS) is 22.4. The number of amides is 1. The van der Waals surface area contributed by atoms with Crippen LogP contribution in [0.2, 0.25) is 0 Å². The summed E-state index contributed by atoms with van der Waals surface area (Å²) in [6.07, 6.45) is 3.32. The summed E-state index contributed by atoms with van der Waals surface area (Å²) in [5, 5.41) is 0. The summed E-state index contributed by atoms with van der Waals surface area (Å²) in [5.74, 6) is 3.00. The number of aromatic nitrogens is 2. The van der Waals surface area contributed by atoms with Crippen LogP contribution in [0.1, 0.15) is 36.4 Å². The van der Waals surface area contributed by atoms with E-state index in [0.717, 1.165) is 89.2 Å². The maximum absolute atomic E-state index is 12.5. The molecule has 2 aromatic rings. The molecule has 1 atom stereocenters. The Morgan fingerprint density at radius 3 is 2.55 bits per heavy atom. The molecule has 1 unspecified atom stereocenters. The molecule has 2 saturated heterocycles. The minimum absolute atomic E-state index is 0.268. The van der Waals surface area contributed by atoms with Crippen molar-refractivity contribution in [3.63, 3.8) is 0 Å². The summed E-state index contributed by atoms with van der Waals surface area (Å²) in [6, 6.07) is 10.9. The summed E-state index contributed by atoms with van der Waals surface area (Å²) >= 11 is 0. The number of piperazine rings is 1. The maximum Gasteiger partial charge on any atom is 0.236 e. The SMILES string of the molecule is O=C(CN1CCN(c2nc3c4c(n2)N(Cc2ccccc2)CCC4NN3)CC1)N1CCCC1. The van der Waals surface area contributed by atoms with Crippen molar-refractivity contribution in [1.82, 2.24) is 25.2 Å². The number of anilines is 3. The number of carbonyl (C=O) groups is 1. The van der Waals surface area contributed by atoms with Gasteiger partial charge in [0.15, 0.2) is 5.82 Å². The molecule has 33 heavy (non-hydrogen) atoms. The van der Waals surface area contributed by atoms with Crippen LogP contribution in [0.4, 0.5) is 17.6 Å². The molecule has 1 amide bonds. The van der Waals surface area contributed by atoms with E-state index in [1.54, 1.807) is 0 Å². The topological polar surface area (TPSA) is 79.9 Å². The molecule has 4 aliphatic heterocycles. The van der Waals surface area contributed by atoms with Gasteiger partial charge in [-0.25, -0.2) is 5.43 Å². The second kappa shape index (κ2) is 8.79. The monoisotopic (exact) mass is 448 g/mol. The minimum Gasteiger partial charge on any atom is -0.352 e. The van der Waals surface area contributed by atoms with Gasteiger partial charge in [-0.05, 0) is 24.8 Å². The zero-order valence-electron chi connectivity index (χ0n) is 19.0. The van der Waals surface area contributed by atoms with Gasteiger partial charge in [-0.15, -0.1) is 0 Å².